The molecule has 0 aliphatic carbocycles. The lowest BCUT2D eigenvalue weighted by Crippen LogP contribution is -2.49. The molecule has 0 saturated heterocycles. The fraction of sp³-hybridized carbons (Fsp3) is 0.591. The highest BCUT2D eigenvalue weighted by molar-refractivity contribution is 5.86. The molecule has 0 bridgehead atoms. The van der Waals surface area contributed by atoms with Gasteiger partial charge in [0.25, 0.3) is 0 Å². The van der Waals surface area contributed by atoms with Crippen molar-refractivity contribution in [1.29, 1.82) is 0 Å². The number of rotatable bonds is 12. The Morgan fingerprint density at radius 3 is 2.24 bits per heavy atom. The number of unbranched alkanes of at least 4 members (excludes halogenated alkanes) is 4. The Hall–Kier alpha value is -2.57. The third kappa shape index (κ3) is 12.5. The average molecular weight is 407 g/mol. The van der Waals surface area contributed by atoms with Crippen molar-refractivity contribution in [3.63, 3.8) is 0 Å². The van der Waals surface area contributed by atoms with Crippen molar-refractivity contribution in [1.82, 2.24) is 10.6 Å². The van der Waals surface area contributed by atoms with Crippen LogP contribution in [-0.4, -0.2) is 41.3 Å². The molecule has 162 valence electrons. The first-order chi connectivity index (χ1) is 13.7. The highest BCUT2D eigenvalue weighted by Gasteiger charge is 2.24. The van der Waals surface area contributed by atoms with Crippen molar-refractivity contribution in [2.45, 2.75) is 77.4 Å². The molecule has 3 N–H and O–H groups in total. The predicted octanol–water partition coefficient (Wildman–Crippen LogP) is 3.66. The van der Waals surface area contributed by atoms with Crippen LogP contribution in [0.5, 0.6) is 0 Å². The third-order valence-corrected chi connectivity index (χ3v) is 4.16. The van der Waals surface area contributed by atoms with Crippen molar-refractivity contribution >= 4 is 18.0 Å². The van der Waals surface area contributed by atoms with Crippen LogP contribution >= 0.6 is 0 Å². The molecule has 0 aromatic heterocycles. The molecule has 1 rings (SSSR count). The molecule has 1 aromatic carbocycles. The summed E-state index contributed by atoms with van der Waals surface area (Å²) in [5.74, 6) is -1.01. The van der Waals surface area contributed by atoms with E-state index in [0.717, 1.165) is 31.2 Å². The molecule has 29 heavy (non-hydrogen) atoms. The highest BCUT2D eigenvalue weighted by atomic mass is 16.6. The molecule has 7 nitrogen and oxygen atoms in total. The van der Waals surface area contributed by atoms with E-state index in [-0.39, 0.29) is 12.3 Å². The molecule has 0 saturated carbocycles. The number of aliphatic carboxylic acids is 1. The molecule has 1 aromatic rings. The smallest absolute Gasteiger partial charge is 0.408 e. The van der Waals surface area contributed by atoms with Crippen molar-refractivity contribution in [3.05, 3.63) is 35.9 Å². The summed E-state index contributed by atoms with van der Waals surface area (Å²) in [4.78, 5) is 35.2. The van der Waals surface area contributed by atoms with Gasteiger partial charge in [-0.1, -0.05) is 49.6 Å². The number of ether oxygens (including phenoxy) is 1. The van der Waals surface area contributed by atoms with Crippen LogP contribution in [0.3, 0.4) is 0 Å². The maximum atomic E-state index is 12.6. The number of hydrogen-bond donors (Lipinski definition) is 3. The number of nitrogens with one attached hydrogen (secondary N) is 2. The fourth-order valence-electron chi connectivity index (χ4n) is 2.78. The van der Waals surface area contributed by atoms with Crippen LogP contribution in [0.4, 0.5) is 4.79 Å². The van der Waals surface area contributed by atoms with E-state index < -0.39 is 23.7 Å². The van der Waals surface area contributed by atoms with E-state index in [1.165, 1.54) is 0 Å². The number of hydrogen-bond acceptors (Lipinski definition) is 4. The van der Waals surface area contributed by atoms with Crippen LogP contribution in [0.1, 0.15) is 64.9 Å². The molecule has 0 aliphatic rings. The Kier molecular flexibility index (Phi) is 10.8. The number of carboxylic acids is 1. The minimum atomic E-state index is -0.765. The van der Waals surface area contributed by atoms with Gasteiger partial charge in [-0.2, -0.15) is 0 Å². The van der Waals surface area contributed by atoms with Gasteiger partial charge in [0.15, 0.2) is 0 Å². The van der Waals surface area contributed by atoms with Crippen LogP contribution in [0.2, 0.25) is 0 Å². The first-order valence-electron chi connectivity index (χ1n) is 10.2. The van der Waals surface area contributed by atoms with Crippen molar-refractivity contribution < 1.29 is 24.2 Å². The molecule has 1 unspecified atom stereocenters. The normalized spacial score (nSPS) is 12.1. The lowest BCUT2D eigenvalue weighted by atomic mass is 10.1. The Labute approximate surface area is 173 Å². The Morgan fingerprint density at radius 2 is 1.62 bits per heavy atom. The van der Waals surface area contributed by atoms with E-state index in [0.29, 0.717) is 19.4 Å². The molecule has 0 radical (unpaired) electrons. The molecule has 2 amide bonds. The van der Waals surface area contributed by atoms with Crippen LogP contribution in [0.15, 0.2) is 30.3 Å². The number of alkyl carbamates (subject to hydrolysis) is 1. The summed E-state index contributed by atoms with van der Waals surface area (Å²) >= 11 is 0. The second kappa shape index (κ2) is 12.8. The summed E-state index contributed by atoms with van der Waals surface area (Å²) in [6, 6.07) is 8.78. The first kappa shape index (κ1) is 24.5. The summed E-state index contributed by atoms with van der Waals surface area (Å²) in [6.45, 7) is 5.83. The van der Waals surface area contributed by atoms with Gasteiger partial charge in [0.2, 0.25) is 5.91 Å². The topological polar surface area (TPSA) is 105 Å². The molecule has 0 aliphatic heterocycles. The van der Waals surface area contributed by atoms with E-state index in [2.05, 4.69) is 10.6 Å². The average Bonchev–Trinajstić information content (AvgIpc) is 2.62. The quantitative estimate of drug-likeness (QED) is 0.460. The third-order valence-electron chi connectivity index (χ3n) is 4.16. The van der Waals surface area contributed by atoms with Gasteiger partial charge in [0.1, 0.15) is 11.6 Å². The van der Waals surface area contributed by atoms with E-state index in [4.69, 9.17) is 9.84 Å². The highest BCUT2D eigenvalue weighted by Crippen LogP contribution is 2.09. The maximum Gasteiger partial charge on any atom is 0.408 e. The Bertz CT molecular complexity index is 640. The molecular formula is C22H34N2O5. The molecule has 1 atom stereocenters. The van der Waals surface area contributed by atoms with Gasteiger partial charge in [0.05, 0.1) is 0 Å². The Balaban J connectivity index is 2.46. The fourth-order valence-corrected chi connectivity index (χ4v) is 2.78. The molecule has 0 spiro atoms. The van der Waals surface area contributed by atoms with E-state index in [1.54, 1.807) is 20.8 Å². The number of benzene rings is 1. The predicted molar refractivity (Wildman–Crippen MR) is 112 cm³/mol. The van der Waals surface area contributed by atoms with Crippen LogP contribution in [-0.2, 0) is 20.7 Å². The summed E-state index contributed by atoms with van der Waals surface area (Å²) in [5, 5.41) is 14.2. The van der Waals surface area contributed by atoms with E-state index >= 15 is 0 Å². The number of amides is 2. The van der Waals surface area contributed by atoms with Crippen molar-refractivity contribution in [3.8, 4) is 0 Å². The minimum absolute atomic E-state index is 0.203. The van der Waals surface area contributed by atoms with E-state index in [9.17, 15) is 14.4 Å². The second-order valence-corrected chi connectivity index (χ2v) is 8.09. The molecule has 0 heterocycles. The first-order valence-corrected chi connectivity index (χ1v) is 10.2. The zero-order chi connectivity index (χ0) is 21.7. The van der Waals surface area contributed by atoms with E-state index in [1.807, 2.05) is 30.3 Å². The second-order valence-electron chi connectivity index (χ2n) is 8.09. The van der Waals surface area contributed by atoms with Gasteiger partial charge in [-0.25, -0.2) is 4.79 Å². The van der Waals surface area contributed by atoms with Gasteiger partial charge >= 0.3 is 12.1 Å². The number of carbonyl (C=O) groups is 3. The monoisotopic (exact) mass is 406 g/mol. The lowest BCUT2D eigenvalue weighted by molar-refractivity contribution is -0.137. The van der Waals surface area contributed by atoms with Gasteiger partial charge in [-0.15, -0.1) is 0 Å². The molecular weight excluding hydrogens is 372 g/mol. The summed E-state index contributed by atoms with van der Waals surface area (Å²) in [5.41, 5.74) is 0.306. The summed E-state index contributed by atoms with van der Waals surface area (Å²) in [7, 11) is 0. The summed E-state index contributed by atoms with van der Waals surface area (Å²) in [6.07, 6.45) is 4.18. The maximum absolute atomic E-state index is 12.6. The molecule has 0 fully saturated rings. The zero-order valence-corrected chi connectivity index (χ0v) is 17.7. The summed E-state index contributed by atoms with van der Waals surface area (Å²) < 4.78 is 5.28. The number of carbonyl (C=O) groups excluding carboxylic acids is 2. The van der Waals surface area contributed by atoms with Crippen LogP contribution in [0, 0.1) is 0 Å². The lowest BCUT2D eigenvalue weighted by Gasteiger charge is -2.23. The standard InChI is InChI=1S/C22H34N2O5/c1-22(2,3)29-21(28)24-18(16-17-12-8-7-9-13-17)20(27)23-15-11-6-4-5-10-14-19(25)26/h7-9,12-13,18H,4-6,10-11,14-16H2,1-3H3,(H,23,27)(H,24,28)(H,25,26). The van der Waals surface area contributed by atoms with Gasteiger partial charge in [-0.3, -0.25) is 9.59 Å². The molecule has 7 heteroatoms. The van der Waals surface area contributed by atoms with Crippen LogP contribution < -0.4 is 10.6 Å². The largest absolute Gasteiger partial charge is 0.481 e. The van der Waals surface area contributed by atoms with Gasteiger partial charge in [-0.05, 0) is 39.2 Å². The van der Waals surface area contributed by atoms with Crippen LogP contribution in [0.25, 0.3) is 0 Å². The number of carboxylic acid groups (broad SMARTS) is 1. The van der Waals surface area contributed by atoms with Crippen molar-refractivity contribution in [2.24, 2.45) is 0 Å². The zero-order valence-electron chi connectivity index (χ0n) is 17.7. The Morgan fingerprint density at radius 1 is 1.00 bits per heavy atom. The van der Waals surface area contributed by atoms with Crippen molar-refractivity contribution in [2.75, 3.05) is 6.54 Å². The SMILES string of the molecule is CC(C)(C)OC(=O)NC(Cc1ccccc1)C(=O)NCCCCCCCC(=O)O. The van der Waals surface area contributed by atoms with Gasteiger partial charge < -0.3 is 20.5 Å². The minimum Gasteiger partial charge on any atom is -0.481 e. The van der Waals surface area contributed by atoms with Gasteiger partial charge in [0, 0.05) is 19.4 Å².